The van der Waals surface area contributed by atoms with Gasteiger partial charge in [-0.2, -0.15) is 10.5 Å². The van der Waals surface area contributed by atoms with Gasteiger partial charge in [-0.05, 0) is 29.7 Å². The van der Waals surface area contributed by atoms with E-state index in [4.69, 9.17) is 16.3 Å². The third-order valence-electron chi connectivity index (χ3n) is 2.29. The lowest BCUT2D eigenvalue weighted by atomic mass is 9.99. The van der Waals surface area contributed by atoms with Gasteiger partial charge in [-0.1, -0.05) is 19.9 Å². The zero-order valence-electron chi connectivity index (χ0n) is 9.36. The number of nitriles is 2. The van der Waals surface area contributed by atoms with Gasteiger partial charge >= 0.3 is 0 Å². The number of nitrogens with zero attached hydrogens (tertiary/aromatic N) is 2. The molecule has 2 N–H and O–H groups in total. The maximum absolute atomic E-state index is 8.82. The van der Waals surface area contributed by atoms with Crippen molar-refractivity contribution in [3.05, 3.63) is 46.7 Å². The molecule has 0 amide bonds. The zero-order valence-corrected chi connectivity index (χ0v) is 9.36. The summed E-state index contributed by atoms with van der Waals surface area (Å²) in [5, 5.41) is 17.6. The largest absolute Gasteiger partial charge is 0.399 e. The molecule has 0 heterocycles. The van der Waals surface area contributed by atoms with Crippen molar-refractivity contribution in [1.29, 1.82) is 10.5 Å². The molecule has 0 aromatic heterocycles. The monoisotopic (exact) mass is 211 g/mol. The summed E-state index contributed by atoms with van der Waals surface area (Å²) in [4.78, 5) is 0. The molecule has 0 aromatic rings. The van der Waals surface area contributed by atoms with Gasteiger partial charge in [0.25, 0.3) is 0 Å². The first-order valence-corrected chi connectivity index (χ1v) is 4.99. The van der Waals surface area contributed by atoms with E-state index in [1.54, 1.807) is 12.2 Å². The Labute approximate surface area is 95.5 Å². The van der Waals surface area contributed by atoms with Crippen molar-refractivity contribution >= 4 is 0 Å². The molecule has 1 rings (SSSR count). The molecule has 16 heavy (non-hydrogen) atoms. The Morgan fingerprint density at radius 2 is 1.81 bits per heavy atom. The highest BCUT2D eigenvalue weighted by molar-refractivity contribution is 5.54. The van der Waals surface area contributed by atoms with Crippen LogP contribution in [0.2, 0.25) is 0 Å². The molecule has 0 atom stereocenters. The molecule has 1 aliphatic carbocycles. The molecule has 0 bridgehead atoms. The van der Waals surface area contributed by atoms with Crippen LogP contribution >= 0.6 is 0 Å². The zero-order chi connectivity index (χ0) is 12.1. The summed E-state index contributed by atoms with van der Waals surface area (Å²) in [6, 6.07) is 3.76. The minimum absolute atomic E-state index is 0.109. The fourth-order valence-electron chi connectivity index (χ4n) is 1.34. The predicted molar refractivity (Wildman–Crippen MR) is 62.6 cm³/mol. The molecular weight excluding hydrogens is 198 g/mol. The van der Waals surface area contributed by atoms with Gasteiger partial charge in [0.05, 0.1) is 0 Å². The van der Waals surface area contributed by atoms with Gasteiger partial charge in [-0.15, -0.1) is 0 Å². The topological polar surface area (TPSA) is 73.6 Å². The van der Waals surface area contributed by atoms with Crippen LogP contribution in [0.15, 0.2) is 46.7 Å². The quantitative estimate of drug-likeness (QED) is 0.676. The molecule has 0 radical (unpaired) electrons. The van der Waals surface area contributed by atoms with Gasteiger partial charge in [0.2, 0.25) is 0 Å². The average Bonchev–Trinajstić information content (AvgIpc) is 2.43. The van der Waals surface area contributed by atoms with Crippen LogP contribution < -0.4 is 5.73 Å². The standard InChI is InChI=1S/C13H13N3/c1-9(2)11-5-10(12(7-14)8-15)3-4-13(16)6-11/h3-6,9H,16H2,1-2H3. The molecule has 3 nitrogen and oxygen atoms in total. The third kappa shape index (κ3) is 2.62. The van der Waals surface area contributed by atoms with E-state index >= 15 is 0 Å². The Morgan fingerprint density at radius 3 is 2.31 bits per heavy atom. The fraction of sp³-hybridized carbons (Fsp3) is 0.231. The summed E-state index contributed by atoms with van der Waals surface area (Å²) < 4.78 is 0. The van der Waals surface area contributed by atoms with Crippen LogP contribution in [0.5, 0.6) is 0 Å². The molecule has 80 valence electrons. The molecule has 0 fully saturated rings. The lowest BCUT2D eigenvalue weighted by Gasteiger charge is -2.06. The van der Waals surface area contributed by atoms with Crippen LogP contribution in [0, 0.1) is 28.6 Å². The minimum Gasteiger partial charge on any atom is -0.399 e. The van der Waals surface area contributed by atoms with E-state index in [-0.39, 0.29) is 5.57 Å². The number of hydrogen-bond acceptors (Lipinski definition) is 3. The lowest BCUT2D eigenvalue weighted by molar-refractivity contribution is 0.790. The second-order valence-corrected chi connectivity index (χ2v) is 3.83. The van der Waals surface area contributed by atoms with E-state index in [1.807, 2.05) is 38.1 Å². The Balaban J connectivity index is 3.34. The third-order valence-corrected chi connectivity index (χ3v) is 2.29. The van der Waals surface area contributed by atoms with Crippen molar-refractivity contribution < 1.29 is 0 Å². The SMILES string of the molecule is CC(C)C1=CC(=C(C#N)C#N)C=CC(N)=C1. The van der Waals surface area contributed by atoms with Gasteiger partial charge in [0.15, 0.2) is 0 Å². The van der Waals surface area contributed by atoms with Crippen molar-refractivity contribution in [3.63, 3.8) is 0 Å². The first-order valence-electron chi connectivity index (χ1n) is 4.99. The normalized spacial score (nSPS) is 14.7. The van der Waals surface area contributed by atoms with Gasteiger partial charge < -0.3 is 5.73 Å². The van der Waals surface area contributed by atoms with E-state index in [1.165, 1.54) is 0 Å². The average molecular weight is 211 g/mol. The summed E-state index contributed by atoms with van der Waals surface area (Å²) in [5.74, 6) is 0.298. The number of hydrogen-bond donors (Lipinski definition) is 1. The van der Waals surface area contributed by atoms with E-state index in [2.05, 4.69) is 0 Å². The molecule has 0 spiro atoms. The van der Waals surface area contributed by atoms with Gasteiger partial charge in [0.1, 0.15) is 17.7 Å². The minimum atomic E-state index is 0.109. The van der Waals surface area contributed by atoms with Crippen molar-refractivity contribution in [2.45, 2.75) is 13.8 Å². The lowest BCUT2D eigenvalue weighted by Crippen LogP contribution is -1.96. The van der Waals surface area contributed by atoms with E-state index in [0.29, 0.717) is 17.2 Å². The number of nitrogens with two attached hydrogens (primary N) is 1. The highest BCUT2D eigenvalue weighted by Crippen LogP contribution is 2.21. The molecule has 3 heteroatoms. The number of rotatable bonds is 1. The van der Waals surface area contributed by atoms with Crippen molar-refractivity contribution in [2.24, 2.45) is 11.7 Å². The van der Waals surface area contributed by atoms with E-state index in [0.717, 1.165) is 5.57 Å². The summed E-state index contributed by atoms with van der Waals surface area (Å²) in [6.07, 6.45) is 7.10. The van der Waals surface area contributed by atoms with Crippen molar-refractivity contribution in [1.82, 2.24) is 0 Å². The van der Waals surface area contributed by atoms with Gasteiger partial charge in [-0.25, -0.2) is 0 Å². The molecule has 0 saturated carbocycles. The second kappa shape index (κ2) is 5.00. The molecule has 1 aliphatic rings. The van der Waals surface area contributed by atoms with E-state index in [9.17, 15) is 0 Å². The molecule has 0 saturated heterocycles. The predicted octanol–water partition coefficient (Wildman–Crippen LogP) is 2.32. The number of allylic oxidation sites excluding steroid dienone is 7. The van der Waals surface area contributed by atoms with Crippen molar-refractivity contribution in [2.75, 3.05) is 0 Å². The van der Waals surface area contributed by atoms with Crippen LogP contribution in [0.1, 0.15) is 13.8 Å². The maximum atomic E-state index is 8.82. The summed E-state index contributed by atoms with van der Waals surface area (Å²) in [5.41, 5.74) is 8.12. The Kier molecular flexibility index (Phi) is 3.69. The smallest absolute Gasteiger partial charge is 0.136 e. The molecule has 0 unspecified atom stereocenters. The van der Waals surface area contributed by atoms with Gasteiger partial charge in [0, 0.05) is 11.3 Å². The summed E-state index contributed by atoms with van der Waals surface area (Å²) in [6.45, 7) is 4.08. The van der Waals surface area contributed by atoms with E-state index < -0.39 is 0 Å². The van der Waals surface area contributed by atoms with Crippen LogP contribution in [0.4, 0.5) is 0 Å². The summed E-state index contributed by atoms with van der Waals surface area (Å²) >= 11 is 0. The summed E-state index contributed by atoms with van der Waals surface area (Å²) in [7, 11) is 0. The molecular formula is C13H13N3. The van der Waals surface area contributed by atoms with Gasteiger partial charge in [-0.3, -0.25) is 0 Å². The molecule has 0 aliphatic heterocycles. The Hall–Kier alpha value is -2.26. The first kappa shape index (κ1) is 11.8. The van der Waals surface area contributed by atoms with Crippen LogP contribution in [-0.2, 0) is 0 Å². The Morgan fingerprint density at radius 1 is 1.19 bits per heavy atom. The fourth-order valence-corrected chi connectivity index (χ4v) is 1.34. The van der Waals surface area contributed by atoms with Crippen LogP contribution in [0.25, 0.3) is 0 Å². The first-order chi connectivity index (χ1) is 7.58. The molecule has 0 aromatic carbocycles. The van der Waals surface area contributed by atoms with Crippen LogP contribution in [-0.4, -0.2) is 0 Å². The highest BCUT2D eigenvalue weighted by atomic mass is 14.6. The van der Waals surface area contributed by atoms with Crippen LogP contribution in [0.3, 0.4) is 0 Å². The van der Waals surface area contributed by atoms with Crippen molar-refractivity contribution in [3.8, 4) is 12.1 Å². The maximum Gasteiger partial charge on any atom is 0.136 e. The Bertz CT molecular complexity index is 472. The second-order valence-electron chi connectivity index (χ2n) is 3.83. The highest BCUT2D eigenvalue weighted by Gasteiger charge is 2.08.